The number of carbonyl (C=O) groups is 1. The maximum atomic E-state index is 12.9. The fourth-order valence-electron chi connectivity index (χ4n) is 3.62. The number of nitrogens with zero attached hydrogens (tertiary/aromatic N) is 2. The van der Waals surface area contributed by atoms with Crippen molar-refractivity contribution in [1.29, 1.82) is 0 Å². The maximum absolute atomic E-state index is 12.9. The van der Waals surface area contributed by atoms with Crippen molar-refractivity contribution in [3.05, 3.63) is 47.5 Å². The lowest BCUT2D eigenvalue weighted by molar-refractivity contribution is -0.134. The zero-order valence-corrected chi connectivity index (χ0v) is 15.9. The molecule has 3 heterocycles. The Kier molecular flexibility index (Phi) is 5.13. The number of hydrogen-bond acceptors (Lipinski definition) is 5. The van der Waals surface area contributed by atoms with Gasteiger partial charge in [0.15, 0.2) is 0 Å². The summed E-state index contributed by atoms with van der Waals surface area (Å²) in [6.07, 6.45) is 3.25. The summed E-state index contributed by atoms with van der Waals surface area (Å²) in [5.74, 6) is 1.53. The van der Waals surface area contributed by atoms with Crippen LogP contribution in [0.15, 0.2) is 30.6 Å². The first-order valence-corrected chi connectivity index (χ1v) is 9.64. The third kappa shape index (κ3) is 3.99. The molecular formula is C20H27N5O2. The fraction of sp³-hybridized carbons (Fsp3) is 0.500. The summed E-state index contributed by atoms with van der Waals surface area (Å²) in [4.78, 5) is 22.2. The van der Waals surface area contributed by atoms with Crippen LogP contribution in [0.2, 0.25) is 0 Å². The minimum Gasteiger partial charge on any atom is -0.493 e. The summed E-state index contributed by atoms with van der Waals surface area (Å²) in [5, 5.41) is 0. The van der Waals surface area contributed by atoms with Gasteiger partial charge in [-0.3, -0.25) is 4.79 Å². The van der Waals surface area contributed by atoms with Gasteiger partial charge in [-0.25, -0.2) is 15.8 Å². The number of imidazole rings is 1. The van der Waals surface area contributed by atoms with Crippen molar-refractivity contribution in [3.8, 4) is 5.75 Å². The van der Waals surface area contributed by atoms with Crippen molar-refractivity contribution in [2.45, 2.75) is 45.3 Å². The highest BCUT2D eigenvalue weighted by Crippen LogP contribution is 2.26. The third-order valence-electron chi connectivity index (χ3n) is 5.15. The summed E-state index contributed by atoms with van der Waals surface area (Å²) in [6, 6.07) is 8.04. The number of fused-ring (bicyclic) bond motifs is 1. The van der Waals surface area contributed by atoms with Gasteiger partial charge in [-0.1, -0.05) is 26.0 Å². The van der Waals surface area contributed by atoms with Gasteiger partial charge < -0.3 is 14.6 Å². The van der Waals surface area contributed by atoms with Crippen molar-refractivity contribution in [3.63, 3.8) is 0 Å². The van der Waals surface area contributed by atoms with Gasteiger partial charge in [0.2, 0.25) is 5.91 Å². The molecule has 7 heteroatoms. The van der Waals surface area contributed by atoms with E-state index in [0.717, 1.165) is 42.1 Å². The van der Waals surface area contributed by atoms with Crippen molar-refractivity contribution >= 4 is 5.91 Å². The number of rotatable bonds is 5. The number of hydrogen-bond donors (Lipinski definition) is 3. The van der Waals surface area contributed by atoms with Gasteiger partial charge in [-0.15, -0.1) is 0 Å². The smallest absolute Gasteiger partial charge is 0.241 e. The van der Waals surface area contributed by atoms with Crippen molar-refractivity contribution in [2.24, 2.45) is 5.92 Å². The summed E-state index contributed by atoms with van der Waals surface area (Å²) < 4.78 is 5.74. The van der Waals surface area contributed by atoms with E-state index in [9.17, 15) is 4.79 Å². The lowest BCUT2D eigenvalue weighted by atomic mass is 10.0. The highest BCUT2D eigenvalue weighted by Gasteiger charge is 2.34. The maximum Gasteiger partial charge on any atom is 0.241 e. The highest BCUT2D eigenvalue weighted by atomic mass is 16.5. The minimum atomic E-state index is -0.212. The van der Waals surface area contributed by atoms with E-state index in [-0.39, 0.29) is 18.0 Å². The second-order valence-corrected chi connectivity index (χ2v) is 7.74. The summed E-state index contributed by atoms with van der Waals surface area (Å²) in [5.41, 5.74) is 9.73. The third-order valence-corrected chi connectivity index (χ3v) is 5.15. The Hall–Kier alpha value is -2.38. The second kappa shape index (κ2) is 7.70. The molecule has 7 nitrogen and oxygen atoms in total. The summed E-state index contributed by atoms with van der Waals surface area (Å²) >= 11 is 0. The molecule has 0 bridgehead atoms. The molecule has 1 fully saturated rings. The molecule has 0 saturated carbocycles. The van der Waals surface area contributed by atoms with E-state index in [4.69, 9.17) is 4.74 Å². The van der Waals surface area contributed by atoms with E-state index in [1.54, 1.807) is 6.33 Å². The molecule has 144 valence electrons. The number of nitrogens with one attached hydrogen (secondary N) is 3. The lowest BCUT2D eigenvalue weighted by Gasteiger charge is -2.28. The number of hydrazine groups is 1. The second-order valence-electron chi connectivity index (χ2n) is 7.74. The predicted molar refractivity (Wildman–Crippen MR) is 102 cm³/mol. The number of aromatic nitrogens is 2. The molecule has 3 N–H and O–H groups in total. The summed E-state index contributed by atoms with van der Waals surface area (Å²) in [6.45, 7) is 6.32. The van der Waals surface area contributed by atoms with Crippen LogP contribution in [-0.2, 0) is 17.8 Å². The molecule has 4 rings (SSSR count). The first-order chi connectivity index (χ1) is 13.1. The number of benzene rings is 1. The summed E-state index contributed by atoms with van der Waals surface area (Å²) in [7, 11) is 0. The molecule has 2 aliphatic rings. The van der Waals surface area contributed by atoms with E-state index in [2.05, 4.69) is 46.8 Å². The molecule has 2 unspecified atom stereocenters. The Bertz CT molecular complexity index is 786. The fourth-order valence-corrected chi connectivity index (χ4v) is 3.62. The molecule has 1 aromatic heterocycles. The molecular weight excluding hydrogens is 342 g/mol. The van der Waals surface area contributed by atoms with Gasteiger partial charge >= 0.3 is 0 Å². The Balaban J connectivity index is 1.34. The number of aromatic amines is 1. The average molecular weight is 369 g/mol. The van der Waals surface area contributed by atoms with Crippen LogP contribution < -0.4 is 15.6 Å². The average Bonchev–Trinajstić information content (AvgIpc) is 3.35. The van der Waals surface area contributed by atoms with Crippen molar-refractivity contribution in [1.82, 2.24) is 25.7 Å². The number of carbonyl (C=O) groups excluding carboxylic acids is 1. The molecule has 2 atom stereocenters. The highest BCUT2D eigenvalue weighted by molar-refractivity contribution is 5.82. The predicted octanol–water partition coefficient (Wildman–Crippen LogP) is 1.94. The largest absolute Gasteiger partial charge is 0.493 e. The van der Waals surface area contributed by atoms with Crippen LogP contribution in [0.1, 0.15) is 43.3 Å². The van der Waals surface area contributed by atoms with Gasteiger partial charge in [0.1, 0.15) is 11.8 Å². The van der Waals surface area contributed by atoms with Gasteiger partial charge in [-0.2, -0.15) is 0 Å². The van der Waals surface area contributed by atoms with Gasteiger partial charge in [-0.05, 0) is 30.0 Å². The molecule has 0 aliphatic carbocycles. The van der Waals surface area contributed by atoms with Crippen LogP contribution in [0.4, 0.5) is 0 Å². The minimum absolute atomic E-state index is 0.116. The van der Waals surface area contributed by atoms with E-state index >= 15 is 0 Å². The van der Waals surface area contributed by atoms with Crippen molar-refractivity contribution < 1.29 is 9.53 Å². The van der Waals surface area contributed by atoms with E-state index in [1.165, 1.54) is 0 Å². The Labute approximate surface area is 159 Å². The molecule has 27 heavy (non-hydrogen) atoms. The Morgan fingerprint density at radius 3 is 2.89 bits per heavy atom. The Morgan fingerprint density at radius 1 is 1.30 bits per heavy atom. The molecule has 2 aliphatic heterocycles. The van der Waals surface area contributed by atoms with E-state index < -0.39 is 0 Å². The number of amides is 1. The first kappa shape index (κ1) is 18.0. The van der Waals surface area contributed by atoms with Gasteiger partial charge in [0.05, 0.1) is 30.9 Å². The van der Waals surface area contributed by atoms with Crippen LogP contribution in [-0.4, -0.2) is 40.0 Å². The quantitative estimate of drug-likeness (QED) is 0.750. The van der Waals surface area contributed by atoms with Crippen LogP contribution in [0, 0.1) is 5.92 Å². The van der Waals surface area contributed by atoms with E-state index in [1.807, 2.05) is 17.0 Å². The molecule has 1 amide bonds. The van der Waals surface area contributed by atoms with Crippen LogP contribution in [0.25, 0.3) is 0 Å². The number of H-pyrrole nitrogens is 1. The molecule has 2 aromatic rings. The molecule has 1 aromatic carbocycles. The van der Waals surface area contributed by atoms with Crippen LogP contribution in [0.5, 0.6) is 5.75 Å². The van der Waals surface area contributed by atoms with Crippen LogP contribution >= 0.6 is 0 Å². The van der Waals surface area contributed by atoms with Gasteiger partial charge in [0, 0.05) is 19.0 Å². The SMILES string of the molecule is CC(C)COc1ccc(C2CC(C(=O)N3CCc4nc[nH]c4C3)NN2)cc1. The number of ether oxygens (including phenoxy) is 1. The normalized spacial score (nSPS) is 22.1. The Morgan fingerprint density at radius 2 is 2.11 bits per heavy atom. The zero-order chi connectivity index (χ0) is 18.8. The van der Waals surface area contributed by atoms with Gasteiger partial charge in [0.25, 0.3) is 0 Å². The van der Waals surface area contributed by atoms with Crippen molar-refractivity contribution in [2.75, 3.05) is 13.2 Å². The first-order valence-electron chi connectivity index (χ1n) is 9.64. The molecule has 0 spiro atoms. The molecule has 0 radical (unpaired) electrons. The lowest BCUT2D eigenvalue weighted by Crippen LogP contribution is -2.47. The van der Waals surface area contributed by atoms with E-state index in [0.29, 0.717) is 19.1 Å². The molecule has 1 saturated heterocycles. The monoisotopic (exact) mass is 369 g/mol. The standard InChI is InChI=1S/C20H27N5O2/c1-13(2)11-27-15-5-3-14(4-6-15)17-9-18(24-23-17)20(26)25-8-7-16-19(10-25)22-12-21-16/h3-6,12-13,17-18,23-24H,7-11H2,1-2H3,(H,21,22). The topological polar surface area (TPSA) is 82.3 Å². The van der Waals surface area contributed by atoms with Crippen LogP contribution in [0.3, 0.4) is 0 Å². The zero-order valence-electron chi connectivity index (χ0n) is 15.9.